The van der Waals surface area contributed by atoms with E-state index in [0.717, 1.165) is 0 Å². The summed E-state index contributed by atoms with van der Waals surface area (Å²) in [6, 6.07) is 6.72. The van der Waals surface area contributed by atoms with Gasteiger partial charge in [-0.25, -0.2) is 0 Å². The molecule has 0 bridgehead atoms. The molecule has 0 saturated carbocycles. The predicted octanol–water partition coefficient (Wildman–Crippen LogP) is 1.46. The molecule has 74 valence electrons. The molecule has 0 saturated heterocycles. The van der Waals surface area contributed by atoms with Crippen LogP contribution in [0.2, 0.25) is 0 Å². The van der Waals surface area contributed by atoms with Gasteiger partial charge in [-0.1, -0.05) is 5.16 Å². The summed E-state index contributed by atoms with van der Waals surface area (Å²) in [5, 5.41) is 11.6. The summed E-state index contributed by atoms with van der Waals surface area (Å²) in [6.07, 6.45) is 0. The number of carbonyl (C=O) groups is 1. The van der Waals surface area contributed by atoms with E-state index >= 15 is 0 Å². The topological polar surface area (TPSA) is 58.9 Å². The lowest BCUT2D eigenvalue weighted by molar-refractivity contribution is -0.111. The molecular weight excluding hydrogens is 182 g/mol. The van der Waals surface area contributed by atoms with Gasteiger partial charge >= 0.3 is 0 Å². The molecule has 0 aliphatic carbocycles. The van der Waals surface area contributed by atoms with Crippen LogP contribution >= 0.6 is 0 Å². The molecule has 0 spiro atoms. The van der Waals surface area contributed by atoms with Crippen LogP contribution in [0, 0.1) is 0 Å². The van der Waals surface area contributed by atoms with Crippen LogP contribution in [-0.2, 0) is 4.79 Å². The highest BCUT2D eigenvalue weighted by molar-refractivity contribution is 6.45. The molecule has 1 aromatic rings. The van der Waals surface area contributed by atoms with Crippen molar-refractivity contribution in [1.82, 2.24) is 0 Å². The van der Waals surface area contributed by atoms with Gasteiger partial charge in [-0.2, -0.15) is 0 Å². The highest BCUT2D eigenvalue weighted by atomic mass is 16.5. The van der Waals surface area contributed by atoms with Crippen LogP contribution in [0.15, 0.2) is 29.4 Å². The molecule has 4 nitrogen and oxygen atoms in total. The van der Waals surface area contributed by atoms with E-state index in [0.29, 0.717) is 11.3 Å². The van der Waals surface area contributed by atoms with Crippen LogP contribution in [0.5, 0.6) is 5.75 Å². The lowest BCUT2D eigenvalue weighted by atomic mass is 10.1. The van der Waals surface area contributed by atoms with E-state index in [1.54, 1.807) is 31.4 Å². The van der Waals surface area contributed by atoms with Gasteiger partial charge in [0.05, 0.1) is 7.11 Å². The van der Waals surface area contributed by atoms with Crippen LogP contribution in [0.4, 0.5) is 0 Å². The van der Waals surface area contributed by atoms with Crippen molar-refractivity contribution < 1.29 is 14.7 Å². The molecule has 1 aromatic carbocycles. The van der Waals surface area contributed by atoms with E-state index in [1.807, 2.05) is 0 Å². The minimum atomic E-state index is -0.280. The lowest BCUT2D eigenvalue weighted by Gasteiger charge is -2.02. The zero-order valence-electron chi connectivity index (χ0n) is 8.02. The number of carbonyl (C=O) groups excluding carboxylic acids is 1. The number of hydrogen-bond acceptors (Lipinski definition) is 4. The fourth-order valence-electron chi connectivity index (χ4n) is 1.08. The Morgan fingerprint density at radius 3 is 2.29 bits per heavy atom. The minimum absolute atomic E-state index is 0.0488. The summed E-state index contributed by atoms with van der Waals surface area (Å²) < 4.78 is 4.96. The van der Waals surface area contributed by atoms with Crippen LogP contribution in [-0.4, -0.2) is 23.8 Å². The number of Topliss-reactive ketones (excluding diaryl/α,β-unsaturated/α-hetero) is 1. The number of benzene rings is 1. The van der Waals surface area contributed by atoms with E-state index < -0.39 is 0 Å². The third-order valence-electron chi connectivity index (χ3n) is 1.80. The van der Waals surface area contributed by atoms with E-state index in [4.69, 9.17) is 9.94 Å². The van der Waals surface area contributed by atoms with Gasteiger partial charge in [0.25, 0.3) is 0 Å². The van der Waals surface area contributed by atoms with E-state index in [2.05, 4.69) is 5.16 Å². The molecule has 0 aliphatic rings. The third kappa shape index (κ3) is 2.10. The summed E-state index contributed by atoms with van der Waals surface area (Å²) in [5.41, 5.74) is 0.619. The molecule has 0 heterocycles. The quantitative estimate of drug-likeness (QED) is 0.449. The van der Waals surface area contributed by atoms with Crippen molar-refractivity contribution in [3.8, 4) is 5.75 Å². The number of nitrogens with zero attached hydrogens (tertiary/aromatic N) is 1. The molecule has 0 aliphatic heterocycles. The first-order valence-corrected chi connectivity index (χ1v) is 4.06. The van der Waals surface area contributed by atoms with Crippen molar-refractivity contribution in [2.24, 2.45) is 5.16 Å². The molecule has 4 heteroatoms. The van der Waals surface area contributed by atoms with Crippen molar-refractivity contribution in [1.29, 1.82) is 0 Å². The van der Waals surface area contributed by atoms with Gasteiger partial charge in [0.15, 0.2) is 11.5 Å². The van der Waals surface area contributed by atoms with Crippen molar-refractivity contribution in [2.75, 3.05) is 7.11 Å². The zero-order chi connectivity index (χ0) is 10.6. The van der Waals surface area contributed by atoms with Gasteiger partial charge in [-0.3, -0.25) is 4.79 Å². The first kappa shape index (κ1) is 10.2. The molecule has 1 rings (SSSR count). The Bertz CT molecular complexity index is 354. The van der Waals surface area contributed by atoms with Crippen LogP contribution in [0.1, 0.15) is 12.5 Å². The molecule has 0 radical (unpaired) electrons. The van der Waals surface area contributed by atoms with Crippen molar-refractivity contribution in [3.05, 3.63) is 29.8 Å². The van der Waals surface area contributed by atoms with Crippen molar-refractivity contribution >= 4 is 11.5 Å². The second-order valence-electron chi connectivity index (χ2n) is 2.73. The maximum absolute atomic E-state index is 11.0. The van der Waals surface area contributed by atoms with Gasteiger partial charge in [0.1, 0.15) is 5.75 Å². The zero-order valence-corrected chi connectivity index (χ0v) is 8.02. The Hall–Kier alpha value is -1.84. The molecule has 0 fully saturated rings. The maximum Gasteiger partial charge on any atom is 0.182 e. The fraction of sp³-hybridized carbons (Fsp3) is 0.200. The number of oxime groups is 1. The van der Waals surface area contributed by atoms with Gasteiger partial charge in [0.2, 0.25) is 0 Å². The van der Waals surface area contributed by atoms with E-state index in [9.17, 15) is 4.79 Å². The number of ether oxygens (including phenoxy) is 1. The lowest BCUT2D eigenvalue weighted by Crippen LogP contribution is -2.11. The molecular formula is C10H11NO3. The highest BCUT2D eigenvalue weighted by Crippen LogP contribution is 2.12. The Morgan fingerprint density at radius 1 is 1.36 bits per heavy atom. The highest BCUT2D eigenvalue weighted by Gasteiger charge is 2.09. The summed E-state index contributed by atoms with van der Waals surface area (Å²) in [6.45, 7) is 1.35. The smallest absolute Gasteiger partial charge is 0.182 e. The van der Waals surface area contributed by atoms with Gasteiger partial charge in [0, 0.05) is 12.5 Å². The van der Waals surface area contributed by atoms with Crippen LogP contribution < -0.4 is 4.74 Å². The Morgan fingerprint density at radius 2 is 1.93 bits per heavy atom. The van der Waals surface area contributed by atoms with Gasteiger partial charge < -0.3 is 9.94 Å². The van der Waals surface area contributed by atoms with Crippen molar-refractivity contribution in [2.45, 2.75) is 6.92 Å². The monoisotopic (exact) mass is 193 g/mol. The van der Waals surface area contributed by atoms with Crippen LogP contribution in [0.25, 0.3) is 0 Å². The second-order valence-corrected chi connectivity index (χ2v) is 2.73. The maximum atomic E-state index is 11.0. The van der Waals surface area contributed by atoms with Gasteiger partial charge in [-0.05, 0) is 24.3 Å². The molecule has 0 amide bonds. The number of methoxy groups -OCH3 is 1. The molecule has 0 unspecified atom stereocenters. The Balaban J connectivity index is 3.02. The van der Waals surface area contributed by atoms with E-state index in [-0.39, 0.29) is 11.5 Å². The van der Waals surface area contributed by atoms with Gasteiger partial charge in [-0.15, -0.1) is 0 Å². The summed E-state index contributed by atoms with van der Waals surface area (Å²) in [5.74, 6) is 0.409. The second kappa shape index (κ2) is 4.41. The average Bonchev–Trinajstić information content (AvgIpc) is 2.19. The largest absolute Gasteiger partial charge is 0.497 e. The number of rotatable bonds is 3. The predicted molar refractivity (Wildman–Crippen MR) is 52.0 cm³/mol. The van der Waals surface area contributed by atoms with Crippen molar-refractivity contribution in [3.63, 3.8) is 0 Å². The number of ketones is 1. The minimum Gasteiger partial charge on any atom is -0.497 e. The third-order valence-corrected chi connectivity index (χ3v) is 1.80. The first-order chi connectivity index (χ1) is 6.69. The normalized spacial score (nSPS) is 11.1. The Kier molecular flexibility index (Phi) is 3.23. The fourth-order valence-corrected chi connectivity index (χ4v) is 1.08. The molecule has 0 aromatic heterocycles. The molecule has 1 N–H and O–H groups in total. The summed E-state index contributed by atoms with van der Waals surface area (Å²) in [7, 11) is 1.56. The average molecular weight is 193 g/mol. The molecule has 0 atom stereocenters. The molecule has 14 heavy (non-hydrogen) atoms. The standard InChI is InChI=1S/C10H11NO3/c1-7(12)10(11-13)8-3-5-9(14-2)6-4-8/h3-6,13H,1-2H3. The summed E-state index contributed by atoms with van der Waals surface area (Å²) >= 11 is 0. The first-order valence-electron chi connectivity index (χ1n) is 4.06. The van der Waals surface area contributed by atoms with Crippen LogP contribution in [0.3, 0.4) is 0 Å². The number of hydrogen-bond donors (Lipinski definition) is 1. The van der Waals surface area contributed by atoms with E-state index in [1.165, 1.54) is 6.92 Å². The summed E-state index contributed by atoms with van der Waals surface area (Å²) in [4.78, 5) is 11.0. The Labute approximate surface area is 81.8 Å². The SMILES string of the molecule is COc1ccc(C(=NO)C(C)=O)cc1.